The Bertz CT molecular complexity index is 483. The SMILES string of the molecule is COc1ccc(Br)cc1COc1ccccc1. The summed E-state index contributed by atoms with van der Waals surface area (Å²) >= 11 is 3.44. The van der Waals surface area contributed by atoms with Gasteiger partial charge < -0.3 is 9.47 Å². The quantitative estimate of drug-likeness (QED) is 0.847. The zero-order valence-electron chi connectivity index (χ0n) is 9.52. The lowest BCUT2D eigenvalue weighted by atomic mass is 10.2. The predicted octanol–water partition coefficient (Wildman–Crippen LogP) is 4.04. The number of hydrogen-bond acceptors (Lipinski definition) is 2. The molecule has 2 rings (SSSR count). The number of rotatable bonds is 4. The van der Waals surface area contributed by atoms with Crippen molar-refractivity contribution in [3.8, 4) is 11.5 Å². The van der Waals surface area contributed by atoms with Gasteiger partial charge >= 0.3 is 0 Å². The Morgan fingerprint density at radius 1 is 1.06 bits per heavy atom. The van der Waals surface area contributed by atoms with Crippen molar-refractivity contribution < 1.29 is 9.47 Å². The van der Waals surface area contributed by atoms with Gasteiger partial charge in [-0.1, -0.05) is 34.1 Å². The van der Waals surface area contributed by atoms with Crippen molar-refractivity contribution in [1.29, 1.82) is 0 Å². The van der Waals surface area contributed by atoms with Gasteiger partial charge in [0.05, 0.1) is 7.11 Å². The number of para-hydroxylation sites is 1. The van der Waals surface area contributed by atoms with Crippen LogP contribution in [0.3, 0.4) is 0 Å². The zero-order chi connectivity index (χ0) is 12.1. The highest BCUT2D eigenvalue weighted by Crippen LogP contribution is 2.24. The van der Waals surface area contributed by atoms with Gasteiger partial charge in [-0.2, -0.15) is 0 Å². The summed E-state index contributed by atoms with van der Waals surface area (Å²) in [6.07, 6.45) is 0. The van der Waals surface area contributed by atoms with Crippen LogP contribution in [0.15, 0.2) is 53.0 Å². The maximum absolute atomic E-state index is 5.69. The van der Waals surface area contributed by atoms with E-state index in [0.29, 0.717) is 6.61 Å². The highest BCUT2D eigenvalue weighted by molar-refractivity contribution is 9.10. The minimum absolute atomic E-state index is 0.493. The van der Waals surface area contributed by atoms with E-state index in [-0.39, 0.29) is 0 Å². The predicted molar refractivity (Wildman–Crippen MR) is 71.5 cm³/mol. The number of ether oxygens (including phenoxy) is 2. The van der Waals surface area contributed by atoms with Gasteiger partial charge in [-0.3, -0.25) is 0 Å². The molecule has 88 valence electrons. The Labute approximate surface area is 109 Å². The molecule has 0 aliphatic carbocycles. The van der Waals surface area contributed by atoms with E-state index in [1.54, 1.807) is 7.11 Å². The van der Waals surface area contributed by atoms with E-state index < -0.39 is 0 Å². The molecule has 0 saturated carbocycles. The van der Waals surface area contributed by atoms with E-state index in [9.17, 15) is 0 Å². The van der Waals surface area contributed by atoms with Crippen LogP contribution >= 0.6 is 15.9 Å². The van der Waals surface area contributed by atoms with Crippen molar-refractivity contribution in [3.05, 3.63) is 58.6 Å². The molecule has 0 aromatic heterocycles. The number of hydrogen-bond donors (Lipinski definition) is 0. The third-order valence-corrected chi connectivity index (χ3v) is 2.87. The molecule has 0 amide bonds. The summed E-state index contributed by atoms with van der Waals surface area (Å²) in [6, 6.07) is 15.6. The summed E-state index contributed by atoms with van der Waals surface area (Å²) in [4.78, 5) is 0. The van der Waals surface area contributed by atoms with Crippen LogP contribution in [0.25, 0.3) is 0 Å². The molecule has 2 nitrogen and oxygen atoms in total. The van der Waals surface area contributed by atoms with Crippen molar-refractivity contribution >= 4 is 15.9 Å². The summed E-state index contributed by atoms with van der Waals surface area (Å²) < 4.78 is 12.0. The van der Waals surface area contributed by atoms with Crippen LogP contribution in [-0.4, -0.2) is 7.11 Å². The molecule has 0 atom stereocenters. The highest BCUT2D eigenvalue weighted by Gasteiger charge is 2.04. The van der Waals surface area contributed by atoms with E-state index in [4.69, 9.17) is 9.47 Å². The fraction of sp³-hybridized carbons (Fsp3) is 0.143. The molecule has 17 heavy (non-hydrogen) atoms. The van der Waals surface area contributed by atoms with Gasteiger partial charge in [-0.15, -0.1) is 0 Å². The summed E-state index contributed by atoms with van der Waals surface area (Å²) in [5.74, 6) is 1.69. The average Bonchev–Trinajstić information content (AvgIpc) is 2.38. The highest BCUT2D eigenvalue weighted by atomic mass is 79.9. The standard InChI is InChI=1S/C14H13BrO2/c1-16-14-8-7-12(15)9-11(14)10-17-13-5-3-2-4-6-13/h2-9H,10H2,1H3. The summed E-state index contributed by atoms with van der Waals surface area (Å²) in [6.45, 7) is 0.493. The molecule has 0 unspecified atom stereocenters. The molecule has 0 radical (unpaired) electrons. The first-order valence-corrected chi connectivity index (χ1v) is 6.09. The van der Waals surface area contributed by atoms with Crippen LogP contribution < -0.4 is 9.47 Å². The van der Waals surface area contributed by atoms with Gasteiger partial charge in [-0.25, -0.2) is 0 Å². The first kappa shape index (κ1) is 12.0. The van der Waals surface area contributed by atoms with E-state index in [0.717, 1.165) is 21.5 Å². The van der Waals surface area contributed by atoms with E-state index in [1.165, 1.54) is 0 Å². The maximum atomic E-state index is 5.69. The van der Waals surface area contributed by atoms with Crippen molar-refractivity contribution in [3.63, 3.8) is 0 Å². The van der Waals surface area contributed by atoms with Gasteiger partial charge in [-0.05, 0) is 30.3 Å². The molecule has 0 N–H and O–H groups in total. The number of benzene rings is 2. The zero-order valence-corrected chi connectivity index (χ0v) is 11.1. The Hall–Kier alpha value is -1.48. The van der Waals surface area contributed by atoms with Crippen molar-refractivity contribution in [2.45, 2.75) is 6.61 Å². The van der Waals surface area contributed by atoms with Crippen molar-refractivity contribution in [2.75, 3.05) is 7.11 Å². The van der Waals surface area contributed by atoms with E-state index in [1.807, 2.05) is 48.5 Å². The van der Waals surface area contributed by atoms with Gasteiger partial charge in [0.2, 0.25) is 0 Å². The molecular weight excluding hydrogens is 280 g/mol. The van der Waals surface area contributed by atoms with Gasteiger partial charge in [0.15, 0.2) is 0 Å². The fourth-order valence-electron chi connectivity index (χ4n) is 1.54. The summed E-state index contributed by atoms with van der Waals surface area (Å²) in [5, 5.41) is 0. The second-order valence-corrected chi connectivity index (χ2v) is 4.47. The molecule has 0 spiro atoms. The molecule has 0 bridgehead atoms. The summed E-state index contributed by atoms with van der Waals surface area (Å²) in [7, 11) is 1.66. The second kappa shape index (κ2) is 5.73. The van der Waals surface area contributed by atoms with Crippen LogP contribution in [0.5, 0.6) is 11.5 Å². The van der Waals surface area contributed by atoms with Gasteiger partial charge in [0, 0.05) is 10.0 Å². The smallest absolute Gasteiger partial charge is 0.125 e. The molecule has 0 heterocycles. The first-order chi connectivity index (χ1) is 8.29. The Morgan fingerprint density at radius 2 is 1.82 bits per heavy atom. The van der Waals surface area contributed by atoms with E-state index in [2.05, 4.69) is 15.9 Å². The van der Waals surface area contributed by atoms with Crippen LogP contribution in [-0.2, 0) is 6.61 Å². The Balaban J connectivity index is 2.11. The Morgan fingerprint density at radius 3 is 2.53 bits per heavy atom. The molecule has 0 saturated heterocycles. The number of halogens is 1. The fourth-order valence-corrected chi connectivity index (χ4v) is 1.95. The van der Waals surface area contributed by atoms with Crippen molar-refractivity contribution in [1.82, 2.24) is 0 Å². The minimum atomic E-state index is 0.493. The topological polar surface area (TPSA) is 18.5 Å². The molecule has 0 aliphatic rings. The molecule has 0 fully saturated rings. The molecule has 0 aliphatic heterocycles. The van der Waals surface area contributed by atoms with Crippen molar-refractivity contribution in [2.24, 2.45) is 0 Å². The lowest BCUT2D eigenvalue weighted by Gasteiger charge is -2.10. The van der Waals surface area contributed by atoms with Gasteiger partial charge in [0.25, 0.3) is 0 Å². The minimum Gasteiger partial charge on any atom is -0.496 e. The van der Waals surface area contributed by atoms with Crippen LogP contribution in [0, 0.1) is 0 Å². The second-order valence-electron chi connectivity index (χ2n) is 3.56. The molecule has 2 aromatic carbocycles. The monoisotopic (exact) mass is 292 g/mol. The third-order valence-electron chi connectivity index (χ3n) is 2.38. The maximum Gasteiger partial charge on any atom is 0.125 e. The van der Waals surface area contributed by atoms with Crippen LogP contribution in [0.4, 0.5) is 0 Å². The molecule has 2 aromatic rings. The normalized spacial score (nSPS) is 10.0. The number of methoxy groups -OCH3 is 1. The van der Waals surface area contributed by atoms with E-state index >= 15 is 0 Å². The first-order valence-electron chi connectivity index (χ1n) is 5.30. The third kappa shape index (κ3) is 3.24. The Kier molecular flexibility index (Phi) is 4.04. The summed E-state index contributed by atoms with van der Waals surface area (Å²) in [5.41, 5.74) is 1.02. The largest absolute Gasteiger partial charge is 0.496 e. The lowest BCUT2D eigenvalue weighted by molar-refractivity contribution is 0.296. The lowest BCUT2D eigenvalue weighted by Crippen LogP contribution is -1.98. The average molecular weight is 293 g/mol. The molecule has 3 heteroatoms. The van der Waals surface area contributed by atoms with Crippen LogP contribution in [0.2, 0.25) is 0 Å². The van der Waals surface area contributed by atoms with Crippen LogP contribution in [0.1, 0.15) is 5.56 Å². The van der Waals surface area contributed by atoms with Gasteiger partial charge in [0.1, 0.15) is 18.1 Å². The molecular formula is C14H13BrO2.